The van der Waals surface area contributed by atoms with Crippen molar-refractivity contribution in [2.75, 3.05) is 11.9 Å². The number of nitrogens with zero attached hydrogens (tertiary/aromatic N) is 2. The predicted octanol–water partition coefficient (Wildman–Crippen LogP) is 3.43. The van der Waals surface area contributed by atoms with Gasteiger partial charge < -0.3 is 15.3 Å². The number of benzene rings is 2. The summed E-state index contributed by atoms with van der Waals surface area (Å²) in [5.74, 6) is 0.0800. The van der Waals surface area contributed by atoms with Crippen LogP contribution in [0, 0.1) is 0 Å². The van der Waals surface area contributed by atoms with E-state index >= 15 is 0 Å². The second kappa shape index (κ2) is 6.62. The maximum absolute atomic E-state index is 13.0. The number of anilines is 1. The van der Waals surface area contributed by atoms with Gasteiger partial charge in [0.2, 0.25) is 0 Å². The van der Waals surface area contributed by atoms with Crippen molar-refractivity contribution in [2.24, 2.45) is 0 Å². The molecule has 3 aromatic rings. The summed E-state index contributed by atoms with van der Waals surface area (Å²) in [6.07, 6.45) is 2.19. The average Bonchev–Trinajstić information content (AvgIpc) is 3.07. The van der Waals surface area contributed by atoms with E-state index in [1.165, 1.54) is 0 Å². The highest BCUT2D eigenvalue weighted by molar-refractivity contribution is 7.15. The molecule has 0 unspecified atom stereocenters. The van der Waals surface area contributed by atoms with E-state index in [0.717, 1.165) is 51.3 Å². The molecule has 27 heavy (non-hydrogen) atoms. The third kappa shape index (κ3) is 3.19. The smallest absolute Gasteiger partial charge is 0.254 e. The lowest BCUT2D eigenvalue weighted by Crippen LogP contribution is -2.38. The highest BCUT2D eigenvalue weighted by atomic mass is 32.1. The van der Waals surface area contributed by atoms with Crippen molar-refractivity contribution in [3.63, 3.8) is 0 Å². The van der Waals surface area contributed by atoms with Gasteiger partial charge in [0, 0.05) is 29.4 Å². The SMILES string of the molecule is O=C(c1ccc2ccccc2c1)N1CCc2nc(N[C@H]3C[C@H](O)C3)sc2C1. The maximum Gasteiger partial charge on any atom is 0.254 e. The zero-order valence-corrected chi connectivity index (χ0v) is 15.7. The van der Waals surface area contributed by atoms with E-state index in [4.69, 9.17) is 4.98 Å². The van der Waals surface area contributed by atoms with E-state index in [0.29, 0.717) is 19.1 Å². The molecule has 2 aromatic carbocycles. The molecule has 0 atom stereocenters. The fraction of sp³-hybridized carbons (Fsp3) is 0.333. The number of carbonyl (C=O) groups excluding carboxylic acids is 1. The molecule has 0 saturated heterocycles. The van der Waals surface area contributed by atoms with Crippen molar-refractivity contribution in [1.82, 2.24) is 9.88 Å². The molecule has 1 aliphatic carbocycles. The normalized spacial score (nSPS) is 21.6. The van der Waals surface area contributed by atoms with Crippen LogP contribution in [0.1, 0.15) is 33.8 Å². The second-order valence-corrected chi connectivity index (χ2v) is 8.48. The molecule has 5 rings (SSSR count). The molecule has 2 aliphatic rings. The second-order valence-electron chi connectivity index (χ2n) is 7.39. The molecule has 1 amide bonds. The van der Waals surface area contributed by atoms with Gasteiger partial charge in [-0.1, -0.05) is 41.7 Å². The molecule has 138 valence electrons. The summed E-state index contributed by atoms with van der Waals surface area (Å²) in [4.78, 5) is 20.8. The van der Waals surface area contributed by atoms with Crippen molar-refractivity contribution in [3.05, 3.63) is 58.6 Å². The molecule has 2 N–H and O–H groups in total. The standard InChI is InChI=1S/C21H21N3O2S/c25-17-10-16(11-17)22-21-23-18-7-8-24(12-19(18)27-21)20(26)15-6-5-13-3-1-2-4-14(13)9-15/h1-6,9,16-17,25H,7-8,10-12H2,(H,22,23)/t16-,17-. The average molecular weight is 379 g/mol. The Labute approximate surface area is 161 Å². The molecule has 6 heteroatoms. The topological polar surface area (TPSA) is 65.5 Å². The van der Waals surface area contributed by atoms with E-state index in [-0.39, 0.29) is 12.0 Å². The molecule has 0 bridgehead atoms. The number of carbonyl (C=O) groups is 1. The number of rotatable bonds is 3. The van der Waals surface area contributed by atoms with Crippen LogP contribution in [0.2, 0.25) is 0 Å². The molecule has 2 heterocycles. The van der Waals surface area contributed by atoms with Crippen LogP contribution in [-0.2, 0) is 13.0 Å². The van der Waals surface area contributed by atoms with Gasteiger partial charge in [0.15, 0.2) is 5.13 Å². The minimum Gasteiger partial charge on any atom is -0.393 e. The Kier molecular flexibility index (Phi) is 4.10. The number of fused-ring (bicyclic) bond motifs is 2. The Morgan fingerprint density at radius 2 is 2.00 bits per heavy atom. The van der Waals surface area contributed by atoms with Crippen molar-refractivity contribution >= 4 is 33.1 Å². The number of thiazole rings is 1. The first-order valence-corrected chi connectivity index (χ1v) is 10.2. The molecule has 1 aromatic heterocycles. The Bertz CT molecular complexity index is 1010. The largest absolute Gasteiger partial charge is 0.393 e. The van der Waals surface area contributed by atoms with Gasteiger partial charge in [-0.2, -0.15) is 0 Å². The van der Waals surface area contributed by atoms with E-state index < -0.39 is 0 Å². The zero-order chi connectivity index (χ0) is 18.4. The van der Waals surface area contributed by atoms with Gasteiger partial charge in [-0.3, -0.25) is 4.79 Å². The minimum atomic E-state index is -0.174. The highest BCUT2D eigenvalue weighted by Crippen LogP contribution is 2.32. The highest BCUT2D eigenvalue weighted by Gasteiger charge is 2.29. The number of hydrogen-bond donors (Lipinski definition) is 2. The van der Waals surface area contributed by atoms with Crippen molar-refractivity contribution < 1.29 is 9.90 Å². The number of nitrogens with one attached hydrogen (secondary N) is 1. The summed E-state index contributed by atoms with van der Waals surface area (Å²) < 4.78 is 0. The Morgan fingerprint density at radius 1 is 1.19 bits per heavy atom. The summed E-state index contributed by atoms with van der Waals surface area (Å²) in [5.41, 5.74) is 1.84. The van der Waals surface area contributed by atoms with Gasteiger partial charge in [-0.25, -0.2) is 4.98 Å². The molecule has 1 saturated carbocycles. The number of aliphatic hydroxyl groups excluding tert-OH is 1. The fourth-order valence-corrected chi connectivity index (χ4v) is 4.92. The van der Waals surface area contributed by atoms with Crippen LogP contribution in [0.5, 0.6) is 0 Å². The maximum atomic E-state index is 13.0. The van der Waals surface area contributed by atoms with Crippen LogP contribution >= 0.6 is 11.3 Å². The monoisotopic (exact) mass is 379 g/mol. The molecule has 5 nitrogen and oxygen atoms in total. The third-order valence-corrected chi connectivity index (χ3v) is 6.47. The van der Waals surface area contributed by atoms with E-state index in [9.17, 15) is 9.90 Å². The van der Waals surface area contributed by atoms with Crippen LogP contribution < -0.4 is 5.32 Å². The summed E-state index contributed by atoms with van der Waals surface area (Å²) in [7, 11) is 0. The summed E-state index contributed by atoms with van der Waals surface area (Å²) >= 11 is 1.64. The van der Waals surface area contributed by atoms with Gasteiger partial charge in [-0.05, 0) is 35.7 Å². The molecular formula is C21H21N3O2S. The summed E-state index contributed by atoms with van der Waals surface area (Å²) in [5, 5.41) is 16.0. The van der Waals surface area contributed by atoms with Crippen LogP contribution in [0.25, 0.3) is 10.8 Å². The third-order valence-electron chi connectivity index (χ3n) is 5.46. The lowest BCUT2D eigenvalue weighted by molar-refractivity contribution is 0.0736. The molecule has 0 spiro atoms. The van der Waals surface area contributed by atoms with Gasteiger partial charge >= 0.3 is 0 Å². The van der Waals surface area contributed by atoms with Crippen molar-refractivity contribution in [1.29, 1.82) is 0 Å². The van der Waals surface area contributed by atoms with Gasteiger partial charge in [0.25, 0.3) is 5.91 Å². The van der Waals surface area contributed by atoms with Gasteiger partial charge in [0.1, 0.15) is 0 Å². The van der Waals surface area contributed by atoms with Crippen LogP contribution in [0.4, 0.5) is 5.13 Å². The number of aliphatic hydroxyl groups is 1. The molecular weight excluding hydrogens is 358 g/mol. The van der Waals surface area contributed by atoms with E-state index in [1.54, 1.807) is 11.3 Å². The number of hydrogen-bond acceptors (Lipinski definition) is 5. The van der Waals surface area contributed by atoms with Crippen LogP contribution in [-0.4, -0.2) is 39.6 Å². The van der Waals surface area contributed by atoms with E-state index in [1.807, 2.05) is 41.3 Å². The Morgan fingerprint density at radius 3 is 2.81 bits per heavy atom. The number of amides is 1. The predicted molar refractivity (Wildman–Crippen MR) is 107 cm³/mol. The Balaban J connectivity index is 1.32. The quantitative estimate of drug-likeness (QED) is 0.732. The Hall–Kier alpha value is -2.44. The summed E-state index contributed by atoms with van der Waals surface area (Å²) in [6.45, 7) is 1.32. The molecule has 0 radical (unpaired) electrons. The van der Waals surface area contributed by atoms with E-state index in [2.05, 4.69) is 11.4 Å². The van der Waals surface area contributed by atoms with Crippen LogP contribution in [0.15, 0.2) is 42.5 Å². The first kappa shape index (κ1) is 16.7. The van der Waals surface area contributed by atoms with Gasteiger partial charge in [-0.15, -0.1) is 0 Å². The van der Waals surface area contributed by atoms with Gasteiger partial charge in [0.05, 0.1) is 18.3 Å². The molecule has 1 fully saturated rings. The number of aromatic nitrogens is 1. The lowest BCUT2D eigenvalue weighted by atomic mass is 9.90. The van der Waals surface area contributed by atoms with Crippen molar-refractivity contribution in [3.8, 4) is 0 Å². The van der Waals surface area contributed by atoms with Crippen LogP contribution in [0.3, 0.4) is 0 Å². The lowest BCUT2D eigenvalue weighted by Gasteiger charge is -2.31. The zero-order valence-electron chi connectivity index (χ0n) is 14.9. The summed E-state index contributed by atoms with van der Waals surface area (Å²) in [6, 6.07) is 14.3. The first-order chi connectivity index (χ1) is 13.2. The minimum absolute atomic E-state index is 0.0800. The molecule has 1 aliphatic heterocycles. The first-order valence-electron chi connectivity index (χ1n) is 9.37. The van der Waals surface area contributed by atoms with Crippen molar-refractivity contribution in [2.45, 2.75) is 38.0 Å². The fourth-order valence-electron chi connectivity index (χ4n) is 3.82.